The van der Waals surface area contributed by atoms with Gasteiger partial charge in [0, 0.05) is 24.7 Å². The number of hydrogen-bond donors (Lipinski definition) is 2. The molecule has 1 aliphatic carbocycles. The van der Waals surface area contributed by atoms with Crippen LogP contribution in [0.1, 0.15) is 43.9 Å². The fourth-order valence-electron chi connectivity index (χ4n) is 3.66. The molecule has 0 aliphatic heterocycles. The molecule has 4 nitrogen and oxygen atoms in total. The number of rotatable bonds is 6. The van der Waals surface area contributed by atoms with Crippen molar-refractivity contribution in [1.29, 1.82) is 0 Å². The Balaban J connectivity index is 0.00000243. The average Bonchev–Trinajstić information content (AvgIpc) is 3.16. The smallest absolute Gasteiger partial charge is 0.191 e. The topological polar surface area (TPSA) is 49.3 Å². The second-order valence-electron chi connectivity index (χ2n) is 6.72. The standard InChI is InChI=1S/C21H28N4.HI/c1-2-22-20(24-16-19-12-6-9-15-23-19)25-17-21(13-7-8-14-21)18-10-4-3-5-11-18;/h3-6,9-12,15H,2,7-8,13-14,16-17H2,1H3,(H2,22,24,25);1H. The summed E-state index contributed by atoms with van der Waals surface area (Å²) < 4.78 is 0. The summed E-state index contributed by atoms with van der Waals surface area (Å²) >= 11 is 0. The van der Waals surface area contributed by atoms with Crippen LogP contribution in [0.15, 0.2) is 59.7 Å². The zero-order chi connectivity index (χ0) is 17.4. The van der Waals surface area contributed by atoms with Crippen molar-refractivity contribution in [3.63, 3.8) is 0 Å². The second-order valence-corrected chi connectivity index (χ2v) is 6.72. The van der Waals surface area contributed by atoms with Crippen molar-refractivity contribution in [3.05, 3.63) is 66.0 Å². The first-order chi connectivity index (χ1) is 12.3. The Morgan fingerprint density at radius 1 is 1.04 bits per heavy atom. The molecule has 0 unspecified atom stereocenters. The zero-order valence-electron chi connectivity index (χ0n) is 15.4. The largest absolute Gasteiger partial charge is 0.357 e. The molecule has 0 radical (unpaired) electrons. The van der Waals surface area contributed by atoms with Crippen molar-refractivity contribution in [3.8, 4) is 0 Å². The van der Waals surface area contributed by atoms with Gasteiger partial charge in [-0.1, -0.05) is 49.2 Å². The second kappa shape index (κ2) is 10.5. The van der Waals surface area contributed by atoms with Crippen LogP contribution >= 0.6 is 24.0 Å². The van der Waals surface area contributed by atoms with Gasteiger partial charge in [0.1, 0.15) is 0 Å². The molecule has 1 heterocycles. The molecule has 140 valence electrons. The highest BCUT2D eigenvalue weighted by Crippen LogP contribution is 2.40. The van der Waals surface area contributed by atoms with Crippen molar-refractivity contribution < 1.29 is 0 Å². The Hall–Kier alpha value is -1.63. The fraction of sp³-hybridized carbons (Fsp3) is 0.429. The molecule has 1 aromatic carbocycles. The van der Waals surface area contributed by atoms with Crippen LogP contribution in [0.2, 0.25) is 0 Å². The van der Waals surface area contributed by atoms with E-state index in [2.05, 4.69) is 52.9 Å². The third kappa shape index (κ3) is 5.43. The van der Waals surface area contributed by atoms with Crippen molar-refractivity contribution in [2.45, 2.75) is 44.6 Å². The summed E-state index contributed by atoms with van der Waals surface area (Å²) in [7, 11) is 0. The molecule has 26 heavy (non-hydrogen) atoms. The fourth-order valence-corrected chi connectivity index (χ4v) is 3.66. The highest BCUT2D eigenvalue weighted by Gasteiger charge is 2.35. The zero-order valence-corrected chi connectivity index (χ0v) is 17.8. The summed E-state index contributed by atoms with van der Waals surface area (Å²) in [5, 5.41) is 6.94. The minimum atomic E-state index is 0. The minimum absolute atomic E-state index is 0. The lowest BCUT2D eigenvalue weighted by atomic mass is 9.79. The number of pyridine rings is 1. The van der Waals surface area contributed by atoms with Gasteiger partial charge in [0.15, 0.2) is 5.96 Å². The molecule has 0 spiro atoms. The van der Waals surface area contributed by atoms with E-state index in [9.17, 15) is 0 Å². The van der Waals surface area contributed by atoms with Crippen LogP contribution < -0.4 is 10.6 Å². The highest BCUT2D eigenvalue weighted by molar-refractivity contribution is 14.0. The first-order valence-electron chi connectivity index (χ1n) is 9.30. The molecule has 0 bridgehead atoms. The van der Waals surface area contributed by atoms with Crippen molar-refractivity contribution >= 4 is 29.9 Å². The molecular weight excluding hydrogens is 435 g/mol. The van der Waals surface area contributed by atoms with Crippen LogP contribution in [-0.2, 0) is 12.0 Å². The van der Waals surface area contributed by atoms with E-state index in [1.54, 1.807) is 0 Å². The summed E-state index contributed by atoms with van der Waals surface area (Å²) in [6.45, 7) is 4.46. The van der Waals surface area contributed by atoms with Crippen LogP contribution in [0.3, 0.4) is 0 Å². The molecular formula is C21H29IN4. The van der Waals surface area contributed by atoms with E-state index in [1.165, 1.54) is 31.2 Å². The Morgan fingerprint density at radius 2 is 1.77 bits per heavy atom. The van der Waals surface area contributed by atoms with Crippen LogP contribution in [0.25, 0.3) is 0 Å². The Bertz CT molecular complexity index is 667. The number of hydrogen-bond acceptors (Lipinski definition) is 2. The van der Waals surface area contributed by atoms with Gasteiger partial charge in [-0.15, -0.1) is 24.0 Å². The predicted molar refractivity (Wildman–Crippen MR) is 119 cm³/mol. The normalized spacial score (nSPS) is 16.0. The number of benzene rings is 1. The van der Waals surface area contributed by atoms with Gasteiger partial charge in [-0.05, 0) is 37.5 Å². The van der Waals surface area contributed by atoms with Gasteiger partial charge >= 0.3 is 0 Å². The number of aliphatic imine (C=N–C) groups is 1. The van der Waals surface area contributed by atoms with E-state index in [4.69, 9.17) is 4.99 Å². The molecule has 0 amide bonds. The van der Waals surface area contributed by atoms with Gasteiger partial charge in [-0.25, -0.2) is 4.99 Å². The van der Waals surface area contributed by atoms with Gasteiger partial charge < -0.3 is 10.6 Å². The highest BCUT2D eigenvalue weighted by atomic mass is 127. The monoisotopic (exact) mass is 464 g/mol. The Labute approximate surface area is 173 Å². The third-order valence-corrected chi connectivity index (χ3v) is 5.01. The maximum Gasteiger partial charge on any atom is 0.191 e. The first-order valence-corrected chi connectivity index (χ1v) is 9.30. The Morgan fingerprint density at radius 3 is 2.42 bits per heavy atom. The number of aromatic nitrogens is 1. The molecule has 1 aliphatic rings. The molecule has 0 saturated heterocycles. The van der Waals surface area contributed by atoms with E-state index in [0.717, 1.165) is 24.7 Å². The molecule has 3 rings (SSSR count). The number of guanidine groups is 1. The number of halogens is 1. The van der Waals surface area contributed by atoms with E-state index in [1.807, 2.05) is 24.4 Å². The van der Waals surface area contributed by atoms with Crippen molar-refractivity contribution in [1.82, 2.24) is 15.6 Å². The lowest BCUT2D eigenvalue weighted by Gasteiger charge is -2.30. The summed E-state index contributed by atoms with van der Waals surface area (Å²) in [4.78, 5) is 9.05. The summed E-state index contributed by atoms with van der Waals surface area (Å²) in [6, 6.07) is 16.9. The van der Waals surface area contributed by atoms with Crippen molar-refractivity contribution in [2.24, 2.45) is 4.99 Å². The first kappa shape index (κ1) is 20.7. The van der Waals surface area contributed by atoms with Crippen LogP contribution in [0.4, 0.5) is 0 Å². The molecule has 5 heteroatoms. The van der Waals surface area contributed by atoms with E-state index in [0.29, 0.717) is 6.54 Å². The summed E-state index contributed by atoms with van der Waals surface area (Å²) in [5.41, 5.74) is 2.65. The summed E-state index contributed by atoms with van der Waals surface area (Å²) in [6.07, 6.45) is 6.90. The SMILES string of the molecule is CCNC(=NCc1ccccn1)NCC1(c2ccccc2)CCCC1.I. The number of nitrogens with zero attached hydrogens (tertiary/aromatic N) is 2. The van der Waals surface area contributed by atoms with Crippen LogP contribution in [0, 0.1) is 0 Å². The van der Waals surface area contributed by atoms with E-state index < -0.39 is 0 Å². The molecule has 2 aromatic rings. The Kier molecular flexibility index (Phi) is 8.35. The number of nitrogens with one attached hydrogen (secondary N) is 2. The molecule has 1 saturated carbocycles. The molecule has 1 aromatic heterocycles. The van der Waals surface area contributed by atoms with Gasteiger partial charge in [0.05, 0.1) is 12.2 Å². The third-order valence-electron chi connectivity index (χ3n) is 5.01. The molecule has 2 N–H and O–H groups in total. The summed E-state index contributed by atoms with van der Waals surface area (Å²) in [5.74, 6) is 0.871. The van der Waals surface area contributed by atoms with Gasteiger partial charge in [0.2, 0.25) is 0 Å². The lowest BCUT2D eigenvalue weighted by Crippen LogP contribution is -2.44. The predicted octanol–water partition coefficient (Wildman–Crippen LogP) is 4.27. The van der Waals surface area contributed by atoms with E-state index >= 15 is 0 Å². The van der Waals surface area contributed by atoms with Gasteiger partial charge in [0.25, 0.3) is 0 Å². The maximum atomic E-state index is 4.70. The lowest BCUT2D eigenvalue weighted by molar-refractivity contribution is 0.431. The van der Waals surface area contributed by atoms with E-state index in [-0.39, 0.29) is 29.4 Å². The van der Waals surface area contributed by atoms with Gasteiger partial charge in [-0.2, -0.15) is 0 Å². The average molecular weight is 464 g/mol. The van der Waals surface area contributed by atoms with Crippen LogP contribution in [-0.4, -0.2) is 24.0 Å². The minimum Gasteiger partial charge on any atom is -0.357 e. The maximum absolute atomic E-state index is 4.70. The van der Waals surface area contributed by atoms with Crippen LogP contribution in [0.5, 0.6) is 0 Å². The molecule has 1 fully saturated rings. The van der Waals surface area contributed by atoms with Crippen molar-refractivity contribution in [2.75, 3.05) is 13.1 Å². The molecule has 0 atom stereocenters. The van der Waals surface area contributed by atoms with Gasteiger partial charge in [-0.3, -0.25) is 4.98 Å². The quantitative estimate of drug-likeness (QED) is 0.382.